The van der Waals surface area contributed by atoms with E-state index in [1.807, 2.05) is 0 Å². The zero-order valence-corrected chi connectivity index (χ0v) is 17.6. The minimum Gasteiger partial charge on any atom is -0.299 e. The van der Waals surface area contributed by atoms with Gasteiger partial charge < -0.3 is 0 Å². The SMILES string of the molecule is CCc1c(-c2nnc(SCc3ccc(F)cc3Cl)n2C(C)C)csc1C. The van der Waals surface area contributed by atoms with Gasteiger partial charge in [-0.25, -0.2) is 4.39 Å². The van der Waals surface area contributed by atoms with Gasteiger partial charge in [-0.3, -0.25) is 4.57 Å². The van der Waals surface area contributed by atoms with Crippen molar-refractivity contribution in [2.75, 3.05) is 0 Å². The number of halogens is 2. The average Bonchev–Trinajstić information content (AvgIpc) is 3.16. The predicted octanol–water partition coefficient (Wildman–Crippen LogP) is 6.54. The topological polar surface area (TPSA) is 30.7 Å². The van der Waals surface area contributed by atoms with Gasteiger partial charge in [0.1, 0.15) is 5.82 Å². The van der Waals surface area contributed by atoms with Crippen molar-refractivity contribution in [3.63, 3.8) is 0 Å². The van der Waals surface area contributed by atoms with Crippen molar-refractivity contribution >= 4 is 34.7 Å². The lowest BCUT2D eigenvalue weighted by molar-refractivity contribution is 0.555. The van der Waals surface area contributed by atoms with Crippen molar-refractivity contribution in [3.8, 4) is 11.4 Å². The van der Waals surface area contributed by atoms with Gasteiger partial charge in [0.2, 0.25) is 0 Å². The van der Waals surface area contributed by atoms with Crippen LogP contribution in [0.1, 0.15) is 42.8 Å². The number of thioether (sulfide) groups is 1. The Kier molecular flexibility index (Phi) is 6.05. The van der Waals surface area contributed by atoms with E-state index >= 15 is 0 Å². The molecule has 3 aromatic rings. The van der Waals surface area contributed by atoms with Gasteiger partial charge in [0, 0.05) is 32.6 Å². The van der Waals surface area contributed by atoms with Crippen molar-refractivity contribution in [3.05, 3.63) is 50.4 Å². The fourth-order valence-electron chi connectivity index (χ4n) is 2.91. The van der Waals surface area contributed by atoms with E-state index in [0.29, 0.717) is 10.8 Å². The first-order valence-corrected chi connectivity index (χ1v) is 10.8. The molecular formula is C19H21ClFN3S2. The number of aromatic nitrogens is 3. The molecule has 7 heteroatoms. The summed E-state index contributed by atoms with van der Waals surface area (Å²) in [6.07, 6.45) is 0.975. The van der Waals surface area contributed by atoms with E-state index in [2.05, 4.69) is 47.8 Å². The number of aryl methyl sites for hydroxylation is 1. The second-order valence-electron chi connectivity index (χ2n) is 6.33. The van der Waals surface area contributed by atoms with E-state index in [1.165, 1.54) is 28.1 Å². The van der Waals surface area contributed by atoms with Gasteiger partial charge in [-0.15, -0.1) is 21.5 Å². The third-order valence-corrected chi connectivity index (χ3v) is 6.55. The number of thiophene rings is 1. The first-order valence-electron chi connectivity index (χ1n) is 8.51. The maximum Gasteiger partial charge on any atom is 0.192 e. The van der Waals surface area contributed by atoms with Crippen LogP contribution in [0.5, 0.6) is 0 Å². The van der Waals surface area contributed by atoms with E-state index in [-0.39, 0.29) is 11.9 Å². The molecule has 0 aliphatic heterocycles. The summed E-state index contributed by atoms with van der Waals surface area (Å²) < 4.78 is 15.4. The van der Waals surface area contributed by atoms with Crippen LogP contribution in [0.25, 0.3) is 11.4 Å². The second-order valence-corrected chi connectivity index (χ2v) is 8.77. The van der Waals surface area contributed by atoms with E-state index in [9.17, 15) is 4.39 Å². The highest BCUT2D eigenvalue weighted by Gasteiger charge is 2.20. The standard InChI is InChI=1S/C19H21ClFN3S2/c1-5-15-12(4)25-10-16(15)18-22-23-19(24(18)11(2)3)26-9-13-6-7-14(21)8-17(13)20/h6-8,10-11H,5,9H2,1-4H3. The van der Waals surface area contributed by atoms with Gasteiger partial charge in [-0.1, -0.05) is 36.4 Å². The summed E-state index contributed by atoms with van der Waals surface area (Å²) in [6, 6.07) is 4.73. The number of hydrogen-bond donors (Lipinski definition) is 0. The Labute approximate surface area is 166 Å². The quantitative estimate of drug-likeness (QED) is 0.433. The van der Waals surface area contributed by atoms with Gasteiger partial charge in [0.15, 0.2) is 11.0 Å². The normalized spacial score (nSPS) is 11.5. The summed E-state index contributed by atoms with van der Waals surface area (Å²) >= 11 is 9.47. The Morgan fingerprint density at radius 2 is 2.08 bits per heavy atom. The molecule has 0 bridgehead atoms. The highest BCUT2D eigenvalue weighted by molar-refractivity contribution is 7.98. The largest absolute Gasteiger partial charge is 0.299 e. The fourth-order valence-corrected chi connectivity index (χ4v) is 5.24. The summed E-state index contributed by atoms with van der Waals surface area (Å²) in [5, 5.41) is 12.4. The van der Waals surface area contributed by atoms with Crippen LogP contribution >= 0.6 is 34.7 Å². The molecule has 1 aromatic carbocycles. The third-order valence-electron chi connectivity index (χ3n) is 4.25. The van der Waals surface area contributed by atoms with Crippen molar-refractivity contribution < 1.29 is 4.39 Å². The molecule has 138 valence electrons. The first-order chi connectivity index (χ1) is 12.4. The van der Waals surface area contributed by atoms with Crippen LogP contribution < -0.4 is 0 Å². The van der Waals surface area contributed by atoms with Crippen LogP contribution in [0.4, 0.5) is 4.39 Å². The third kappa shape index (κ3) is 3.82. The van der Waals surface area contributed by atoms with Gasteiger partial charge in [0.05, 0.1) is 0 Å². The van der Waals surface area contributed by atoms with Crippen molar-refractivity contribution in [2.45, 2.75) is 51.1 Å². The predicted molar refractivity (Wildman–Crippen MR) is 109 cm³/mol. The van der Waals surface area contributed by atoms with E-state index in [0.717, 1.165) is 23.0 Å². The van der Waals surface area contributed by atoms with E-state index in [1.54, 1.807) is 29.2 Å². The smallest absolute Gasteiger partial charge is 0.192 e. The van der Waals surface area contributed by atoms with Crippen LogP contribution in [0, 0.1) is 12.7 Å². The molecule has 0 amide bonds. The van der Waals surface area contributed by atoms with Crippen LogP contribution in [0.3, 0.4) is 0 Å². The van der Waals surface area contributed by atoms with Crippen LogP contribution in [-0.2, 0) is 12.2 Å². The van der Waals surface area contributed by atoms with Gasteiger partial charge in [0.25, 0.3) is 0 Å². The molecule has 3 nitrogen and oxygen atoms in total. The molecule has 0 spiro atoms. The molecule has 3 rings (SSSR count). The minimum absolute atomic E-state index is 0.233. The number of rotatable bonds is 6. The van der Waals surface area contributed by atoms with Crippen molar-refractivity contribution in [2.24, 2.45) is 0 Å². The zero-order valence-electron chi connectivity index (χ0n) is 15.2. The second kappa shape index (κ2) is 8.11. The summed E-state index contributed by atoms with van der Waals surface area (Å²) in [5.74, 6) is 1.21. The minimum atomic E-state index is -0.323. The average molecular weight is 410 g/mol. The Morgan fingerprint density at radius 1 is 1.31 bits per heavy atom. The Bertz CT molecular complexity index is 918. The summed E-state index contributed by atoms with van der Waals surface area (Å²) in [7, 11) is 0. The maximum absolute atomic E-state index is 13.2. The number of hydrogen-bond acceptors (Lipinski definition) is 4. The van der Waals surface area contributed by atoms with E-state index in [4.69, 9.17) is 11.6 Å². The Morgan fingerprint density at radius 3 is 2.73 bits per heavy atom. The van der Waals surface area contributed by atoms with Gasteiger partial charge in [-0.2, -0.15) is 0 Å². The fraction of sp³-hybridized carbons (Fsp3) is 0.368. The summed E-state index contributed by atoms with van der Waals surface area (Å²) in [6.45, 7) is 8.58. The zero-order chi connectivity index (χ0) is 18.8. The highest BCUT2D eigenvalue weighted by atomic mass is 35.5. The molecular weight excluding hydrogens is 389 g/mol. The van der Waals surface area contributed by atoms with Crippen molar-refractivity contribution in [1.82, 2.24) is 14.8 Å². The lowest BCUT2D eigenvalue weighted by Gasteiger charge is -2.14. The molecule has 0 fully saturated rings. The molecule has 0 saturated carbocycles. The lowest BCUT2D eigenvalue weighted by Crippen LogP contribution is -2.05. The van der Waals surface area contributed by atoms with Crippen LogP contribution in [-0.4, -0.2) is 14.8 Å². The monoisotopic (exact) mass is 409 g/mol. The molecule has 2 heterocycles. The molecule has 26 heavy (non-hydrogen) atoms. The van der Waals surface area contributed by atoms with Gasteiger partial charge in [-0.05, 0) is 50.5 Å². The summed E-state index contributed by atoms with van der Waals surface area (Å²) in [5.41, 5.74) is 3.39. The molecule has 0 aliphatic carbocycles. The van der Waals surface area contributed by atoms with Crippen LogP contribution in [0.15, 0.2) is 28.7 Å². The molecule has 0 saturated heterocycles. The maximum atomic E-state index is 13.2. The molecule has 0 radical (unpaired) electrons. The molecule has 0 aliphatic rings. The lowest BCUT2D eigenvalue weighted by atomic mass is 10.1. The molecule has 0 N–H and O–H groups in total. The number of benzene rings is 1. The van der Waals surface area contributed by atoms with E-state index < -0.39 is 0 Å². The Hall–Kier alpha value is -1.37. The summed E-state index contributed by atoms with van der Waals surface area (Å²) in [4.78, 5) is 1.33. The molecule has 2 aromatic heterocycles. The van der Waals surface area contributed by atoms with Gasteiger partial charge >= 0.3 is 0 Å². The first kappa shape index (κ1) is 19.4. The molecule has 0 atom stereocenters. The van der Waals surface area contributed by atoms with Crippen molar-refractivity contribution in [1.29, 1.82) is 0 Å². The number of nitrogens with zero attached hydrogens (tertiary/aromatic N) is 3. The Balaban J connectivity index is 1.92. The van der Waals surface area contributed by atoms with Crippen LogP contribution in [0.2, 0.25) is 5.02 Å². The highest BCUT2D eigenvalue weighted by Crippen LogP contribution is 2.35. The molecule has 0 unspecified atom stereocenters.